The van der Waals surface area contributed by atoms with Crippen LogP contribution in [0.25, 0.3) is 0 Å². The first-order valence-electron chi connectivity index (χ1n) is 8.59. The van der Waals surface area contributed by atoms with Crippen molar-refractivity contribution in [1.29, 1.82) is 0 Å². The van der Waals surface area contributed by atoms with Crippen molar-refractivity contribution in [2.45, 2.75) is 46.1 Å². The van der Waals surface area contributed by atoms with Crippen LogP contribution in [0.5, 0.6) is 0 Å². The van der Waals surface area contributed by atoms with Gasteiger partial charge in [-0.3, -0.25) is 4.79 Å². The summed E-state index contributed by atoms with van der Waals surface area (Å²) >= 11 is 0. The molecule has 0 saturated carbocycles. The number of hydrogen-bond donors (Lipinski definition) is 2. The number of amides is 1. The van der Waals surface area contributed by atoms with E-state index in [1.807, 2.05) is 7.05 Å². The molecule has 1 aliphatic heterocycles. The van der Waals surface area contributed by atoms with Crippen molar-refractivity contribution in [3.05, 3.63) is 11.3 Å². The standard InChI is InChI=1S/C17H27N5O/c1-10(2)13-8-22(9-15(13)19-11(3)23)17-20-14-7-5-6-12(14)16(18-4)21-17/h10,13,15H,5-9H2,1-4H3,(H,19,23)(H,18,20,21)/t13-,15+/m0/s1. The molecular weight excluding hydrogens is 290 g/mol. The fourth-order valence-corrected chi connectivity index (χ4v) is 3.85. The Hall–Kier alpha value is -1.85. The maximum absolute atomic E-state index is 11.5. The molecule has 1 saturated heterocycles. The molecule has 1 aromatic heterocycles. The molecule has 0 spiro atoms. The Morgan fingerprint density at radius 2 is 2.04 bits per heavy atom. The monoisotopic (exact) mass is 317 g/mol. The second-order valence-corrected chi connectivity index (χ2v) is 7.02. The highest BCUT2D eigenvalue weighted by Crippen LogP contribution is 2.31. The van der Waals surface area contributed by atoms with Gasteiger partial charge in [-0.2, -0.15) is 4.98 Å². The molecule has 3 rings (SSSR count). The molecule has 0 bridgehead atoms. The lowest BCUT2D eigenvalue weighted by atomic mass is 9.91. The Morgan fingerprint density at radius 1 is 1.26 bits per heavy atom. The SMILES string of the molecule is CNc1nc(N2C[C@@H](NC(C)=O)[C@H](C(C)C)C2)nc2c1CCC2. The number of carbonyl (C=O) groups is 1. The van der Waals surface area contributed by atoms with E-state index in [1.54, 1.807) is 6.92 Å². The molecule has 6 nitrogen and oxygen atoms in total. The summed E-state index contributed by atoms with van der Waals surface area (Å²) in [5.41, 5.74) is 2.46. The molecule has 2 atom stereocenters. The van der Waals surface area contributed by atoms with Crippen molar-refractivity contribution < 1.29 is 4.79 Å². The fourth-order valence-electron chi connectivity index (χ4n) is 3.85. The van der Waals surface area contributed by atoms with Gasteiger partial charge < -0.3 is 15.5 Å². The minimum absolute atomic E-state index is 0.0354. The summed E-state index contributed by atoms with van der Waals surface area (Å²) in [4.78, 5) is 23.3. The van der Waals surface area contributed by atoms with Gasteiger partial charge in [-0.05, 0) is 25.2 Å². The first-order chi connectivity index (χ1) is 11.0. The Morgan fingerprint density at radius 3 is 2.70 bits per heavy atom. The normalized spacial score (nSPS) is 23.3. The second kappa shape index (κ2) is 6.34. The molecule has 2 heterocycles. The van der Waals surface area contributed by atoms with E-state index in [2.05, 4.69) is 29.4 Å². The van der Waals surface area contributed by atoms with E-state index in [4.69, 9.17) is 9.97 Å². The van der Waals surface area contributed by atoms with E-state index in [1.165, 1.54) is 11.3 Å². The number of anilines is 2. The van der Waals surface area contributed by atoms with Crippen LogP contribution >= 0.6 is 0 Å². The summed E-state index contributed by atoms with van der Waals surface area (Å²) in [5.74, 6) is 2.73. The van der Waals surface area contributed by atoms with Crippen molar-refractivity contribution in [3.63, 3.8) is 0 Å². The largest absolute Gasteiger partial charge is 0.373 e. The zero-order chi connectivity index (χ0) is 16.6. The number of nitrogens with zero attached hydrogens (tertiary/aromatic N) is 3. The summed E-state index contributed by atoms with van der Waals surface area (Å²) < 4.78 is 0. The van der Waals surface area contributed by atoms with Gasteiger partial charge in [0.2, 0.25) is 11.9 Å². The number of nitrogens with one attached hydrogen (secondary N) is 2. The Labute approximate surface area is 138 Å². The zero-order valence-corrected chi connectivity index (χ0v) is 14.5. The van der Waals surface area contributed by atoms with Gasteiger partial charge in [0.1, 0.15) is 5.82 Å². The van der Waals surface area contributed by atoms with E-state index in [-0.39, 0.29) is 11.9 Å². The van der Waals surface area contributed by atoms with Crippen LogP contribution < -0.4 is 15.5 Å². The molecule has 6 heteroatoms. The van der Waals surface area contributed by atoms with Gasteiger partial charge in [0.25, 0.3) is 0 Å². The summed E-state index contributed by atoms with van der Waals surface area (Å²) in [7, 11) is 1.92. The van der Waals surface area contributed by atoms with E-state index in [0.717, 1.165) is 44.1 Å². The maximum Gasteiger partial charge on any atom is 0.227 e. The minimum atomic E-state index is 0.0354. The molecule has 23 heavy (non-hydrogen) atoms. The molecule has 0 radical (unpaired) electrons. The summed E-state index contributed by atoms with van der Waals surface area (Å²) in [6.45, 7) is 7.69. The van der Waals surface area contributed by atoms with Gasteiger partial charge in [0.15, 0.2) is 0 Å². The number of aryl methyl sites for hydroxylation is 1. The molecular formula is C17H27N5O. The maximum atomic E-state index is 11.5. The van der Waals surface area contributed by atoms with E-state index < -0.39 is 0 Å². The molecule has 1 aliphatic carbocycles. The molecule has 1 fully saturated rings. The topological polar surface area (TPSA) is 70.2 Å². The number of carbonyl (C=O) groups excluding carboxylic acids is 1. The molecule has 0 unspecified atom stereocenters. The Balaban J connectivity index is 1.86. The zero-order valence-electron chi connectivity index (χ0n) is 14.5. The third kappa shape index (κ3) is 3.12. The average molecular weight is 317 g/mol. The van der Waals surface area contributed by atoms with E-state index >= 15 is 0 Å². The lowest BCUT2D eigenvalue weighted by Crippen LogP contribution is -2.40. The summed E-state index contributed by atoms with van der Waals surface area (Å²) in [6, 6.07) is 0.169. The Kier molecular flexibility index (Phi) is 4.41. The predicted molar refractivity (Wildman–Crippen MR) is 91.7 cm³/mol. The van der Waals surface area contributed by atoms with Crippen LogP contribution in [-0.2, 0) is 17.6 Å². The second-order valence-electron chi connectivity index (χ2n) is 7.02. The lowest BCUT2D eigenvalue weighted by Gasteiger charge is -2.21. The van der Waals surface area contributed by atoms with E-state index in [0.29, 0.717) is 11.8 Å². The van der Waals surface area contributed by atoms with Gasteiger partial charge in [0.05, 0.1) is 11.7 Å². The van der Waals surface area contributed by atoms with Crippen molar-refractivity contribution in [3.8, 4) is 0 Å². The van der Waals surface area contributed by atoms with Crippen LogP contribution in [0.15, 0.2) is 0 Å². The summed E-state index contributed by atoms with van der Waals surface area (Å²) in [5, 5.41) is 6.32. The number of hydrogen-bond acceptors (Lipinski definition) is 5. The first kappa shape index (κ1) is 16.0. The Bertz CT molecular complexity index is 601. The van der Waals surface area contributed by atoms with Crippen molar-refractivity contribution in [1.82, 2.24) is 15.3 Å². The first-order valence-corrected chi connectivity index (χ1v) is 8.59. The predicted octanol–water partition coefficient (Wildman–Crippen LogP) is 1.60. The average Bonchev–Trinajstić information content (AvgIpc) is 3.11. The highest BCUT2D eigenvalue weighted by molar-refractivity contribution is 5.73. The van der Waals surface area contributed by atoms with Gasteiger partial charge in [-0.1, -0.05) is 13.8 Å². The van der Waals surface area contributed by atoms with Crippen LogP contribution in [0.3, 0.4) is 0 Å². The highest BCUT2D eigenvalue weighted by atomic mass is 16.1. The van der Waals surface area contributed by atoms with Crippen LogP contribution in [0.2, 0.25) is 0 Å². The number of aromatic nitrogens is 2. The van der Waals surface area contributed by atoms with Gasteiger partial charge in [0, 0.05) is 38.5 Å². The van der Waals surface area contributed by atoms with Crippen LogP contribution in [0.1, 0.15) is 38.4 Å². The quantitative estimate of drug-likeness (QED) is 0.883. The minimum Gasteiger partial charge on any atom is -0.373 e. The molecule has 0 aromatic carbocycles. The van der Waals surface area contributed by atoms with Gasteiger partial charge in [-0.25, -0.2) is 4.98 Å². The van der Waals surface area contributed by atoms with E-state index in [9.17, 15) is 4.79 Å². The van der Waals surface area contributed by atoms with Crippen molar-refractivity contribution >= 4 is 17.7 Å². The van der Waals surface area contributed by atoms with Crippen molar-refractivity contribution in [2.24, 2.45) is 11.8 Å². The molecule has 1 amide bonds. The smallest absolute Gasteiger partial charge is 0.227 e. The third-order valence-electron chi connectivity index (χ3n) is 5.05. The molecule has 2 N–H and O–H groups in total. The van der Waals surface area contributed by atoms with Gasteiger partial charge >= 0.3 is 0 Å². The molecule has 126 valence electrons. The highest BCUT2D eigenvalue weighted by Gasteiger charge is 2.37. The fraction of sp³-hybridized carbons (Fsp3) is 0.706. The summed E-state index contributed by atoms with van der Waals surface area (Å²) in [6.07, 6.45) is 3.26. The van der Waals surface area contributed by atoms with Crippen LogP contribution in [0, 0.1) is 11.8 Å². The van der Waals surface area contributed by atoms with Crippen LogP contribution in [0.4, 0.5) is 11.8 Å². The van der Waals surface area contributed by atoms with Crippen LogP contribution in [-0.4, -0.2) is 42.1 Å². The number of rotatable bonds is 4. The molecule has 1 aromatic rings. The third-order valence-corrected chi connectivity index (χ3v) is 5.05. The van der Waals surface area contributed by atoms with Crippen molar-refractivity contribution in [2.75, 3.05) is 30.4 Å². The number of fused-ring (bicyclic) bond motifs is 1. The van der Waals surface area contributed by atoms with Gasteiger partial charge in [-0.15, -0.1) is 0 Å². The molecule has 2 aliphatic rings. The lowest BCUT2D eigenvalue weighted by molar-refractivity contribution is -0.119.